The van der Waals surface area contributed by atoms with E-state index >= 15 is 0 Å². The van der Waals surface area contributed by atoms with Crippen molar-refractivity contribution in [3.05, 3.63) is 47.5 Å². The molecule has 1 aromatic rings. The Bertz CT molecular complexity index is 362. The molecular formula is C10H7NaO2. The van der Waals surface area contributed by atoms with Gasteiger partial charge in [0.2, 0.25) is 0 Å². The van der Waals surface area contributed by atoms with Gasteiger partial charge < -0.3 is 1.43 Å². The van der Waals surface area contributed by atoms with Crippen molar-refractivity contribution in [1.29, 1.82) is 0 Å². The van der Waals surface area contributed by atoms with Crippen LogP contribution in [0.5, 0.6) is 0 Å². The van der Waals surface area contributed by atoms with Crippen LogP contribution in [0.3, 0.4) is 0 Å². The summed E-state index contributed by atoms with van der Waals surface area (Å²) >= 11 is 0. The number of benzene rings is 1. The van der Waals surface area contributed by atoms with Crippen LogP contribution in [0.1, 0.15) is 22.1 Å². The molecule has 0 atom stereocenters. The summed E-state index contributed by atoms with van der Waals surface area (Å²) in [4.78, 5) is 22.4. The fraction of sp³-hybridized carbons (Fsp3) is 0. The van der Waals surface area contributed by atoms with E-state index in [-0.39, 0.29) is 42.6 Å². The summed E-state index contributed by atoms with van der Waals surface area (Å²) in [5.41, 5.74) is 1.01. The second kappa shape index (κ2) is 4.01. The summed E-state index contributed by atoms with van der Waals surface area (Å²) in [7, 11) is 0. The van der Waals surface area contributed by atoms with E-state index in [2.05, 4.69) is 0 Å². The van der Waals surface area contributed by atoms with E-state index in [1.807, 2.05) is 0 Å². The van der Waals surface area contributed by atoms with Gasteiger partial charge in [-0.3, -0.25) is 9.59 Å². The minimum atomic E-state index is -0.0924. The van der Waals surface area contributed by atoms with Crippen molar-refractivity contribution in [2.45, 2.75) is 0 Å². The summed E-state index contributed by atoms with van der Waals surface area (Å²) < 4.78 is 0. The smallest absolute Gasteiger partial charge is 1.00 e. The molecule has 0 radical (unpaired) electrons. The Morgan fingerprint density at radius 3 is 1.62 bits per heavy atom. The van der Waals surface area contributed by atoms with Crippen LogP contribution in [0.4, 0.5) is 0 Å². The first kappa shape index (κ1) is 10.4. The van der Waals surface area contributed by atoms with Gasteiger partial charge >= 0.3 is 29.6 Å². The third kappa shape index (κ3) is 1.80. The van der Waals surface area contributed by atoms with E-state index < -0.39 is 0 Å². The van der Waals surface area contributed by atoms with Crippen molar-refractivity contribution < 1.29 is 40.6 Å². The molecule has 0 amide bonds. The van der Waals surface area contributed by atoms with E-state index in [9.17, 15) is 9.59 Å². The van der Waals surface area contributed by atoms with Crippen LogP contribution in [0.15, 0.2) is 36.4 Å². The Balaban J connectivity index is 0.000000845. The average molecular weight is 182 g/mol. The van der Waals surface area contributed by atoms with Gasteiger partial charge in [-0.05, 0) is 12.2 Å². The zero-order valence-corrected chi connectivity index (χ0v) is 9.28. The molecule has 0 N–H and O–H groups in total. The van der Waals surface area contributed by atoms with E-state index in [4.69, 9.17) is 0 Å². The molecule has 1 aromatic carbocycles. The fourth-order valence-electron chi connectivity index (χ4n) is 1.24. The first-order valence-electron chi connectivity index (χ1n) is 3.65. The van der Waals surface area contributed by atoms with Gasteiger partial charge in [0, 0.05) is 11.1 Å². The van der Waals surface area contributed by atoms with Crippen molar-refractivity contribution >= 4 is 11.6 Å². The quantitative estimate of drug-likeness (QED) is 0.469. The first-order valence-corrected chi connectivity index (χ1v) is 3.65. The van der Waals surface area contributed by atoms with Crippen LogP contribution in [0, 0.1) is 0 Å². The molecule has 0 fully saturated rings. The van der Waals surface area contributed by atoms with Crippen molar-refractivity contribution in [1.82, 2.24) is 0 Å². The molecule has 1 aliphatic rings. The minimum absolute atomic E-state index is 0. The molecule has 0 saturated carbocycles. The average Bonchev–Trinajstić information content (AvgIpc) is 2.12. The Morgan fingerprint density at radius 1 is 0.846 bits per heavy atom. The molecule has 3 heteroatoms. The third-order valence-electron chi connectivity index (χ3n) is 1.84. The molecule has 13 heavy (non-hydrogen) atoms. The zero-order valence-electron chi connectivity index (χ0n) is 8.28. The number of hydrogen-bond acceptors (Lipinski definition) is 2. The van der Waals surface area contributed by atoms with Gasteiger partial charge in [-0.2, -0.15) is 0 Å². The number of ketones is 2. The molecule has 0 aliphatic heterocycles. The van der Waals surface area contributed by atoms with Crippen LogP contribution >= 0.6 is 0 Å². The molecular weight excluding hydrogens is 175 g/mol. The SMILES string of the molecule is O=C1C=CC(=O)c2ccccc21.[H-].[Na+]. The molecule has 0 spiro atoms. The number of hydrogen-bond donors (Lipinski definition) is 0. The van der Waals surface area contributed by atoms with Gasteiger partial charge in [0.05, 0.1) is 0 Å². The van der Waals surface area contributed by atoms with Gasteiger partial charge in [0.25, 0.3) is 0 Å². The zero-order chi connectivity index (χ0) is 8.55. The maximum absolute atomic E-state index is 11.2. The molecule has 0 saturated heterocycles. The van der Waals surface area contributed by atoms with E-state index in [0.717, 1.165) is 0 Å². The van der Waals surface area contributed by atoms with Crippen LogP contribution in [0.25, 0.3) is 0 Å². The van der Waals surface area contributed by atoms with E-state index in [0.29, 0.717) is 11.1 Å². The summed E-state index contributed by atoms with van der Waals surface area (Å²) in [5, 5.41) is 0. The minimum Gasteiger partial charge on any atom is -1.00 e. The number of fused-ring (bicyclic) bond motifs is 1. The van der Waals surface area contributed by atoms with Crippen LogP contribution in [0.2, 0.25) is 0 Å². The van der Waals surface area contributed by atoms with Crippen molar-refractivity contribution in [2.75, 3.05) is 0 Å². The second-order valence-corrected chi connectivity index (χ2v) is 2.61. The third-order valence-corrected chi connectivity index (χ3v) is 1.84. The monoisotopic (exact) mass is 182 g/mol. The van der Waals surface area contributed by atoms with E-state index in [1.54, 1.807) is 24.3 Å². The Hall–Kier alpha value is -0.700. The maximum Gasteiger partial charge on any atom is 1.00 e. The van der Waals surface area contributed by atoms with Gasteiger partial charge in [0.15, 0.2) is 11.6 Å². The Kier molecular flexibility index (Phi) is 3.20. The van der Waals surface area contributed by atoms with Crippen molar-refractivity contribution in [3.8, 4) is 0 Å². The summed E-state index contributed by atoms with van der Waals surface area (Å²) in [5.74, 6) is -0.185. The number of carbonyl (C=O) groups is 2. The number of rotatable bonds is 0. The normalized spacial score (nSPS) is 13.5. The topological polar surface area (TPSA) is 34.1 Å². The van der Waals surface area contributed by atoms with Gasteiger partial charge in [-0.1, -0.05) is 24.3 Å². The molecule has 60 valence electrons. The predicted molar refractivity (Wildman–Crippen MR) is 45.4 cm³/mol. The van der Waals surface area contributed by atoms with Crippen LogP contribution in [-0.2, 0) is 0 Å². The summed E-state index contributed by atoms with van der Waals surface area (Å²) in [6, 6.07) is 6.84. The Labute approximate surface area is 99.4 Å². The largest absolute Gasteiger partial charge is 1.00 e. The second-order valence-electron chi connectivity index (χ2n) is 2.61. The molecule has 0 unspecified atom stereocenters. The molecule has 0 aromatic heterocycles. The van der Waals surface area contributed by atoms with Gasteiger partial charge in [0.1, 0.15) is 0 Å². The standard InChI is InChI=1S/C10H6O2.Na.H/c11-9-5-6-10(12)8-4-2-1-3-7(8)9;;/h1-6H;;/q;+1;-1. The Morgan fingerprint density at radius 2 is 1.23 bits per heavy atom. The van der Waals surface area contributed by atoms with Crippen LogP contribution < -0.4 is 29.6 Å². The molecule has 2 rings (SSSR count). The van der Waals surface area contributed by atoms with E-state index in [1.165, 1.54) is 12.2 Å². The fourth-order valence-corrected chi connectivity index (χ4v) is 1.24. The molecule has 2 nitrogen and oxygen atoms in total. The number of carbonyl (C=O) groups excluding carboxylic acids is 2. The molecule has 0 heterocycles. The molecule has 0 bridgehead atoms. The van der Waals surface area contributed by atoms with Gasteiger partial charge in [-0.25, -0.2) is 0 Å². The maximum atomic E-state index is 11.2. The summed E-state index contributed by atoms with van der Waals surface area (Å²) in [6.07, 6.45) is 2.62. The summed E-state index contributed by atoms with van der Waals surface area (Å²) in [6.45, 7) is 0. The predicted octanol–water partition coefficient (Wildman–Crippen LogP) is -1.26. The molecule has 1 aliphatic carbocycles. The first-order chi connectivity index (χ1) is 5.79. The van der Waals surface area contributed by atoms with Crippen LogP contribution in [-0.4, -0.2) is 11.6 Å². The van der Waals surface area contributed by atoms with Gasteiger partial charge in [-0.15, -0.1) is 0 Å². The van der Waals surface area contributed by atoms with Crippen molar-refractivity contribution in [3.63, 3.8) is 0 Å². The van der Waals surface area contributed by atoms with Crippen molar-refractivity contribution in [2.24, 2.45) is 0 Å². The number of allylic oxidation sites excluding steroid dienone is 2.